The van der Waals surface area contributed by atoms with Crippen molar-refractivity contribution >= 4 is 45.7 Å². The fraction of sp³-hybridized carbons (Fsp3) is 0.308. The van der Waals surface area contributed by atoms with Crippen LogP contribution in [0.2, 0.25) is 5.02 Å². The average molecular weight is 343 g/mol. The van der Waals surface area contributed by atoms with Gasteiger partial charge in [0, 0.05) is 12.1 Å². The smallest absolute Gasteiger partial charge is 0.230 e. The molecule has 1 aromatic carbocycles. The molecule has 0 aliphatic carbocycles. The molecule has 112 valence electrons. The van der Waals surface area contributed by atoms with Crippen LogP contribution in [-0.2, 0) is 4.79 Å². The highest BCUT2D eigenvalue weighted by Crippen LogP contribution is 2.25. The van der Waals surface area contributed by atoms with Gasteiger partial charge in [0.2, 0.25) is 11.0 Å². The first-order chi connectivity index (χ1) is 10.1. The second-order valence-electron chi connectivity index (χ2n) is 4.22. The molecule has 1 heterocycles. The van der Waals surface area contributed by atoms with Crippen molar-refractivity contribution in [3.05, 3.63) is 34.9 Å². The topological polar surface area (TPSA) is 66.9 Å². The van der Waals surface area contributed by atoms with Crippen molar-refractivity contribution in [3.63, 3.8) is 0 Å². The number of benzene rings is 1. The van der Waals surface area contributed by atoms with E-state index in [0.717, 1.165) is 15.0 Å². The average Bonchev–Trinajstić information content (AvgIpc) is 2.93. The molecule has 0 saturated carbocycles. The number of anilines is 1. The highest BCUT2D eigenvalue weighted by Gasteiger charge is 2.13. The summed E-state index contributed by atoms with van der Waals surface area (Å²) in [4.78, 5) is 12.0. The molecule has 2 rings (SSSR count). The Morgan fingerprint density at radius 3 is 2.86 bits per heavy atom. The second-order valence-corrected chi connectivity index (χ2v) is 6.83. The molecule has 1 aromatic heterocycles. The minimum atomic E-state index is -0.130. The third-order valence-corrected chi connectivity index (χ3v) is 5.11. The predicted molar refractivity (Wildman–Crippen MR) is 88.2 cm³/mol. The number of hydrogen-bond donors (Lipinski definition) is 2. The highest BCUT2D eigenvalue weighted by atomic mass is 35.5. The molecule has 1 amide bonds. The Morgan fingerprint density at radius 2 is 2.19 bits per heavy atom. The van der Waals surface area contributed by atoms with Gasteiger partial charge in [0.25, 0.3) is 0 Å². The molecule has 0 unspecified atom stereocenters. The van der Waals surface area contributed by atoms with Crippen LogP contribution in [0.5, 0.6) is 0 Å². The number of hydrogen-bond acceptors (Lipinski definition) is 6. The van der Waals surface area contributed by atoms with Crippen LogP contribution in [0.4, 0.5) is 5.13 Å². The lowest BCUT2D eigenvalue weighted by molar-refractivity contribution is -0.119. The summed E-state index contributed by atoms with van der Waals surface area (Å²) in [6, 6.07) is 7.36. The van der Waals surface area contributed by atoms with E-state index in [4.69, 9.17) is 11.6 Å². The lowest BCUT2D eigenvalue weighted by Crippen LogP contribution is -2.28. The highest BCUT2D eigenvalue weighted by molar-refractivity contribution is 8.01. The van der Waals surface area contributed by atoms with Crippen LogP contribution in [0, 0.1) is 0 Å². The summed E-state index contributed by atoms with van der Waals surface area (Å²) in [5, 5.41) is 15.1. The predicted octanol–water partition coefficient (Wildman–Crippen LogP) is 3.20. The summed E-state index contributed by atoms with van der Waals surface area (Å²) in [6.07, 6.45) is 0. The fourth-order valence-electron chi connectivity index (χ4n) is 1.68. The SMILES string of the molecule is CNc1nnc(SCC(=O)N[C@H](C)c2ccccc2Cl)s1. The number of amides is 1. The van der Waals surface area contributed by atoms with Gasteiger partial charge in [0.15, 0.2) is 4.34 Å². The van der Waals surface area contributed by atoms with Gasteiger partial charge in [-0.3, -0.25) is 4.79 Å². The lowest BCUT2D eigenvalue weighted by atomic mass is 10.1. The first-order valence-corrected chi connectivity index (χ1v) is 8.46. The van der Waals surface area contributed by atoms with E-state index in [1.165, 1.54) is 23.1 Å². The molecule has 0 aliphatic heterocycles. The van der Waals surface area contributed by atoms with Crippen LogP contribution < -0.4 is 10.6 Å². The summed E-state index contributed by atoms with van der Waals surface area (Å²) in [7, 11) is 1.78. The van der Waals surface area contributed by atoms with Gasteiger partial charge in [-0.05, 0) is 18.6 Å². The van der Waals surface area contributed by atoms with Gasteiger partial charge in [0.05, 0.1) is 11.8 Å². The van der Waals surface area contributed by atoms with Crippen LogP contribution in [0.25, 0.3) is 0 Å². The van der Waals surface area contributed by atoms with Crippen molar-refractivity contribution in [1.82, 2.24) is 15.5 Å². The molecule has 0 fully saturated rings. The summed E-state index contributed by atoms with van der Waals surface area (Å²) in [5.41, 5.74) is 0.908. The van der Waals surface area contributed by atoms with Gasteiger partial charge in [-0.1, -0.05) is 52.9 Å². The van der Waals surface area contributed by atoms with Crippen molar-refractivity contribution in [1.29, 1.82) is 0 Å². The van der Waals surface area contributed by atoms with Crippen LogP contribution >= 0.6 is 34.7 Å². The number of halogens is 1. The van der Waals surface area contributed by atoms with Gasteiger partial charge < -0.3 is 10.6 Å². The number of aromatic nitrogens is 2. The molecule has 1 atom stereocenters. The van der Waals surface area contributed by atoms with Crippen molar-refractivity contribution in [2.75, 3.05) is 18.1 Å². The summed E-state index contributed by atoms with van der Waals surface area (Å²) in [6.45, 7) is 1.91. The van der Waals surface area contributed by atoms with Crippen molar-refractivity contribution in [2.45, 2.75) is 17.3 Å². The zero-order valence-corrected chi connectivity index (χ0v) is 14.0. The molecule has 5 nitrogen and oxygen atoms in total. The minimum Gasteiger partial charge on any atom is -0.363 e. The Bertz CT molecular complexity index is 620. The number of nitrogens with one attached hydrogen (secondary N) is 2. The first kappa shape index (κ1) is 16.1. The Kier molecular flexibility index (Phi) is 5.84. The summed E-state index contributed by atoms with van der Waals surface area (Å²) in [5.74, 6) is 0.237. The lowest BCUT2D eigenvalue weighted by Gasteiger charge is -2.15. The van der Waals surface area contributed by atoms with Crippen molar-refractivity contribution < 1.29 is 4.79 Å². The van der Waals surface area contributed by atoms with E-state index in [0.29, 0.717) is 10.8 Å². The number of rotatable bonds is 6. The molecule has 21 heavy (non-hydrogen) atoms. The standard InChI is InChI=1S/C13H15ClN4OS2/c1-8(9-5-3-4-6-10(9)14)16-11(19)7-20-13-18-17-12(15-2)21-13/h3-6,8H,7H2,1-2H3,(H,15,17)(H,16,19)/t8-/m1/s1. The number of carbonyl (C=O) groups excluding carboxylic acids is 1. The Morgan fingerprint density at radius 1 is 1.43 bits per heavy atom. The molecule has 2 N–H and O–H groups in total. The molecule has 8 heteroatoms. The normalized spacial score (nSPS) is 12.0. The third kappa shape index (κ3) is 4.59. The largest absolute Gasteiger partial charge is 0.363 e. The fourth-order valence-corrected chi connectivity index (χ4v) is 3.50. The first-order valence-electron chi connectivity index (χ1n) is 6.28. The molecule has 0 radical (unpaired) electrons. The van der Waals surface area contributed by atoms with E-state index in [1.54, 1.807) is 7.05 Å². The number of thioether (sulfide) groups is 1. The van der Waals surface area contributed by atoms with E-state index in [9.17, 15) is 4.79 Å². The number of carbonyl (C=O) groups is 1. The van der Waals surface area contributed by atoms with Gasteiger partial charge in [-0.25, -0.2) is 0 Å². The summed E-state index contributed by atoms with van der Waals surface area (Å²) >= 11 is 8.90. The van der Waals surface area contributed by atoms with E-state index >= 15 is 0 Å². The van der Waals surface area contributed by atoms with E-state index < -0.39 is 0 Å². The second kappa shape index (κ2) is 7.63. The third-order valence-electron chi connectivity index (χ3n) is 2.70. The van der Waals surface area contributed by atoms with E-state index in [2.05, 4.69) is 20.8 Å². The van der Waals surface area contributed by atoms with Crippen molar-refractivity contribution in [2.24, 2.45) is 0 Å². The van der Waals surface area contributed by atoms with Gasteiger partial charge in [-0.15, -0.1) is 10.2 Å². The zero-order valence-electron chi connectivity index (χ0n) is 11.6. The van der Waals surface area contributed by atoms with Crippen LogP contribution in [0.3, 0.4) is 0 Å². The Labute approximate surface area is 136 Å². The van der Waals surface area contributed by atoms with Crippen LogP contribution in [0.1, 0.15) is 18.5 Å². The van der Waals surface area contributed by atoms with E-state index in [-0.39, 0.29) is 11.9 Å². The molecule has 2 aromatic rings. The van der Waals surface area contributed by atoms with Gasteiger partial charge >= 0.3 is 0 Å². The van der Waals surface area contributed by atoms with Crippen LogP contribution in [-0.4, -0.2) is 28.9 Å². The minimum absolute atomic E-state index is 0.0615. The monoisotopic (exact) mass is 342 g/mol. The maximum atomic E-state index is 12.0. The zero-order chi connectivity index (χ0) is 15.2. The Hall–Kier alpha value is -1.31. The molecular weight excluding hydrogens is 328 g/mol. The molecule has 0 saturated heterocycles. The molecular formula is C13H15ClN4OS2. The Balaban J connectivity index is 1.85. The van der Waals surface area contributed by atoms with Crippen molar-refractivity contribution in [3.8, 4) is 0 Å². The van der Waals surface area contributed by atoms with Crippen LogP contribution in [0.15, 0.2) is 28.6 Å². The molecule has 0 aliphatic rings. The maximum absolute atomic E-state index is 12.0. The maximum Gasteiger partial charge on any atom is 0.230 e. The molecule has 0 bridgehead atoms. The van der Waals surface area contributed by atoms with E-state index in [1.807, 2.05) is 31.2 Å². The van der Waals surface area contributed by atoms with Gasteiger partial charge in [-0.2, -0.15) is 0 Å². The van der Waals surface area contributed by atoms with Gasteiger partial charge in [0.1, 0.15) is 0 Å². The molecule has 0 spiro atoms. The summed E-state index contributed by atoms with van der Waals surface area (Å²) < 4.78 is 0.764. The number of nitrogens with zero attached hydrogens (tertiary/aromatic N) is 2. The quantitative estimate of drug-likeness (QED) is 0.789.